The van der Waals surface area contributed by atoms with Gasteiger partial charge in [-0.2, -0.15) is 5.10 Å². The molecule has 0 saturated heterocycles. The summed E-state index contributed by atoms with van der Waals surface area (Å²) in [5.74, 6) is -2.23. The van der Waals surface area contributed by atoms with Crippen LogP contribution >= 0.6 is 0 Å². The fraction of sp³-hybridized carbons (Fsp3) is 0.167. The zero-order valence-electron chi connectivity index (χ0n) is 14.0. The van der Waals surface area contributed by atoms with Gasteiger partial charge in [-0.3, -0.25) is 4.68 Å². The van der Waals surface area contributed by atoms with Gasteiger partial charge < -0.3 is 0 Å². The number of sulfonamides is 1. The SMILES string of the molecule is Cn1cc(-c2ccc(CCNS(=O)(=O)c3c(F)cccc3F)cc2)cn1. The lowest BCUT2D eigenvalue weighted by molar-refractivity contribution is 0.514. The zero-order valence-corrected chi connectivity index (χ0v) is 14.8. The summed E-state index contributed by atoms with van der Waals surface area (Å²) in [6, 6.07) is 10.5. The average molecular weight is 377 g/mol. The fourth-order valence-corrected chi connectivity index (χ4v) is 3.74. The monoisotopic (exact) mass is 377 g/mol. The smallest absolute Gasteiger partial charge is 0.246 e. The third-order valence-corrected chi connectivity index (χ3v) is 5.40. The van der Waals surface area contributed by atoms with Crippen molar-refractivity contribution < 1.29 is 17.2 Å². The Morgan fingerprint density at radius 2 is 1.69 bits per heavy atom. The molecule has 26 heavy (non-hydrogen) atoms. The molecule has 0 aliphatic rings. The van der Waals surface area contributed by atoms with Crippen molar-refractivity contribution >= 4 is 10.0 Å². The number of hydrogen-bond acceptors (Lipinski definition) is 3. The molecule has 0 spiro atoms. The Morgan fingerprint density at radius 3 is 2.27 bits per heavy atom. The number of halogens is 2. The summed E-state index contributed by atoms with van der Waals surface area (Å²) in [6.45, 7) is 0.0301. The van der Waals surface area contributed by atoms with Crippen LogP contribution in [-0.4, -0.2) is 24.7 Å². The van der Waals surface area contributed by atoms with Crippen molar-refractivity contribution in [1.82, 2.24) is 14.5 Å². The molecule has 0 aliphatic carbocycles. The molecular weight excluding hydrogens is 360 g/mol. The molecule has 3 rings (SSSR count). The average Bonchev–Trinajstić information content (AvgIpc) is 3.01. The van der Waals surface area contributed by atoms with Gasteiger partial charge in [-0.15, -0.1) is 0 Å². The van der Waals surface area contributed by atoms with Crippen LogP contribution in [0.2, 0.25) is 0 Å². The van der Waals surface area contributed by atoms with Crippen LogP contribution in [0.15, 0.2) is 59.8 Å². The molecule has 0 atom stereocenters. The van der Waals surface area contributed by atoms with Gasteiger partial charge in [-0.05, 0) is 29.7 Å². The second-order valence-corrected chi connectivity index (χ2v) is 7.50. The number of benzene rings is 2. The Balaban J connectivity index is 1.64. The lowest BCUT2D eigenvalue weighted by Gasteiger charge is -2.09. The van der Waals surface area contributed by atoms with Crippen LogP contribution < -0.4 is 4.72 Å². The Kier molecular flexibility index (Phi) is 5.15. The van der Waals surface area contributed by atoms with Crippen molar-refractivity contribution in [2.45, 2.75) is 11.3 Å². The van der Waals surface area contributed by atoms with Gasteiger partial charge in [0.1, 0.15) is 11.6 Å². The van der Waals surface area contributed by atoms with Crippen LogP contribution in [0.1, 0.15) is 5.56 Å². The number of rotatable bonds is 6. The Bertz CT molecular complexity index is 995. The fourth-order valence-electron chi connectivity index (χ4n) is 2.58. The molecule has 0 fully saturated rings. The first-order chi connectivity index (χ1) is 12.4. The normalized spacial score (nSPS) is 11.7. The van der Waals surface area contributed by atoms with E-state index in [9.17, 15) is 17.2 Å². The minimum absolute atomic E-state index is 0.0301. The van der Waals surface area contributed by atoms with Crippen LogP contribution in [0.25, 0.3) is 11.1 Å². The van der Waals surface area contributed by atoms with E-state index in [0.29, 0.717) is 6.42 Å². The first-order valence-electron chi connectivity index (χ1n) is 7.88. The van der Waals surface area contributed by atoms with Crippen molar-refractivity contribution in [3.8, 4) is 11.1 Å². The molecule has 0 amide bonds. The summed E-state index contributed by atoms with van der Waals surface area (Å²) in [6.07, 6.45) is 4.04. The molecule has 0 saturated carbocycles. The standard InChI is InChI=1S/C18H17F2N3O2S/c1-23-12-15(11-21-23)14-7-5-13(6-8-14)9-10-22-26(24,25)18-16(19)3-2-4-17(18)20/h2-8,11-12,22H,9-10H2,1H3. The highest BCUT2D eigenvalue weighted by Gasteiger charge is 2.23. The van der Waals surface area contributed by atoms with Gasteiger partial charge in [0.15, 0.2) is 4.90 Å². The Morgan fingerprint density at radius 1 is 1.04 bits per heavy atom. The minimum atomic E-state index is -4.25. The minimum Gasteiger partial charge on any atom is -0.275 e. The summed E-state index contributed by atoms with van der Waals surface area (Å²) < 4.78 is 55.4. The van der Waals surface area contributed by atoms with Crippen molar-refractivity contribution in [3.05, 3.63) is 72.1 Å². The highest BCUT2D eigenvalue weighted by atomic mass is 32.2. The Labute approximate surface area is 150 Å². The van der Waals surface area contributed by atoms with E-state index in [1.54, 1.807) is 10.9 Å². The molecule has 1 N–H and O–H groups in total. The van der Waals surface area contributed by atoms with Gasteiger partial charge in [-0.25, -0.2) is 21.9 Å². The van der Waals surface area contributed by atoms with Crippen LogP contribution in [0.3, 0.4) is 0 Å². The molecule has 2 aromatic carbocycles. The number of aryl methyl sites for hydroxylation is 1. The largest absolute Gasteiger partial charge is 0.275 e. The number of aromatic nitrogens is 2. The van der Waals surface area contributed by atoms with Gasteiger partial charge in [0.25, 0.3) is 0 Å². The summed E-state index contributed by atoms with van der Waals surface area (Å²) in [5, 5.41) is 4.11. The quantitative estimate of drug-likeness (QED) is 0.718. The van der Waals surface area contributed by atoms with Crippen LogP contribution in [0.4, 0.5) is 8.78 Å². The lowest BCUT2D eigenvalue weighted by Crippen LogP contribution is -2.27. The highest BCUT2D eigenvalue weighted by molar-refractivity contribution is 7.89. The first kappa shape index (κ1) is 18.2. The van der Waals surface area contributed by atoms with E-state index in [1.165, 1.54) is 0 Å². The molecule has 0 radical (unpaired) electrons. The van der Waals surface area contributed by atoms with Crippen LogP contribution in [0.5, 0.6) is 0 Å². The van der Waals surface area contributed by atoms with E-state index in [1.807, 2.05) is 37.5 Å². The molecule has 0 bridgehead atoms. The molecule has 5 nitrogen and oxygen atoms in total. The maximum atomic E-state index is 13.6. The van der Waals surface area contributed by atoms with E-state index in [4.69, 9.17) is 0 Å². The summed E-state index contributed by atoms with van der Waals surface area (Å²) >= 11 is 0. The van der Waals surface area contributed by atoms with Gasteiger partial charge >= 0.3 is 0 Å². The molecule has 1 heterocycles. The lowest BCUT2D eigenvalue weighted by atomic mass is 10.1. The third kappa shape index (κ3) is 3.97. The van der Waals surface area contributed by atoms with E-state index in [2.05, 4.69) is 9.82 Å². The van der Waals surface area contributed by atoms with Crippen LogP contribution in [-0.2, 0) is 23.5 Å². The highest BCUT2D eigenvalue weighted by Crippen LogP contribution is 2.20. The maximum absolute atomic E-state index is 13.6. The number of nitrogens with one attached hydrogen (secondary N) is 1. The summed E-state index contributed by atoms with van der Waals surface area (Å²) in [7, 11) is -2.42. The topological polar surface area (TPSA) is 64.0 Å². The predicted molar refractivity (Wildman–Crippen MR) is 93.9 cm³/mol. The molecule has 136 valence electrons. The predicted octanol–water partition coefficient (Wildman–Crippen LogP) is 2.89. The van der Waals surface area contributed by atoms with Crippen molar-refractivity contribution in [3.63, 3.8) is 0 Å². The molecule has 1 aromatic heterocycles. The van der Waals surface area contributed by atoms with Gasteiger partial charge in [0.2, 0.25) is 10.0 Å². The van der Waals surface area contributed by atoms with E-state index in [-0.39, 0.29) is 6.54 Å². The van der Waals surface area contributed by atoms with Crippen LogP contribution in [0, 0.1) is 11.6 Å². The Hall–Kier alpha value is -2.58. The second-order valence-electron chi connectivity index (χ2n) is 5.80. The van der Waals surface area contributed by atoms with Gasteiger partial charge in [0, 0.05) is 25.4 Å². The molecular formula is C18H17F2N3O2S. The zero-order chi connectivity index (χ0) is 18.7. The first-order valence-corrected chi connectivity index (χ1v) is 9.37. The summed E-state index contributed by atoms with van der Waals surface area (Å²) in [5.41, 5.74) is 2.87. The number of hydrogen-bond donors (Lipinski definition) is 1. The second kappa shape index (κ2) is 7.35. The third-order valence-electron chi connectivity index (χ3n) is 3.89. The maximum Gasteiger partial charge on any atom is 0.246 e. The van der Waals surface area contributed by atoms with Crippen molar-refractivity contribution in [1.29, 1.82) is 0 Å². The van der Waals surface area contributed by atoms with Crippen molar-refractivity contribution in [2.24, 2.45) is 7.05 Å². The van der Waals surface area contributed by atoms with Crippen molar-refractivity contribution in [2.75, 3.05) is 6.54 Å². The molecule has 0 aliphatic heterocycles. The van der Waals surface area contributed by atoms with E-state index < -0.39 is 26.6 Å². The van der Waals surface area contributed by atoms with E-state index >= 15 is 0 Å². The number of nitrogens with zero attached hydrogens (tertiary/aromatic N) is 2. The molecule has 8 heteroatoms. The molecule has 0 unspecified atom stereocenters. The van der Waals surface area contributed by atoms with E-state index in [0.717, 1.165) is 34.9 Å². The van der Waals surface area contributed by atoms with Gasteiger partial charge in [0.05, 0.1) is 6.20 Å². The molecule has 3 aromatic rings. The summed E-state index contributed by atoms with van der Waals surface area (Å²) in [4.78, 5) is -0.952. The van der Waals surface area contributed by atoms with Gasteiger partial charge in [-0.1, -0.05) is 30.3 Å².